The van der Waals surface area contributed by atoms with Crippen molar-refractivity contribution in [1.82, 2.24) is 4.57 Å². The van der Waals surface area contributed by atoms with Gasteiger partial charge in [-0.3, -0.25) is 0 Å². The molecule has 278 valence electrons. The highest BCUT2D eigenvalue weighted by molar-refractivity contribution is 6.16. The normalized spacial score (nSPS) is 16.7. The Labute approximate surface area is 340 Å². The summed E-state index contributed by atoms with van der Waals surface area (Å²) in [6, 6.07) is 64.9. The molecule has 2 atom stereocenters. The van der Waals surface area contributed by atoms with E-state index in [9.17, 15) is 0 Å². The van der Waals surface area contributed by atoms with Crippen molar-refractivity contribution in [1.29, 1.82) is 0 Å². The fourth-order valence-corrected chi connectivity index (χ4v) is 10.1. The summed E-state index contributed by atoms with van der Waals surface area (Å²) in [6.45, 7) is 7.14. The van der Waals surface area contributed by atoms with Crippen molar-refractivity contribution < 1.29 is 0 Å². The second-order valence-electron chi connectivity index (χ2n) is 16.7. The van der Waals surface area contributed by atoms with Crippen molar-refractivity contribution in [3.05, 3.63) is 217 Å². The zero-order chi connectivity index (χ0) is 39.0. The molecule has 0 aliphatic heterocycles. The molecule has 0 bridgehead atoms. The number of nitrogens with one attached hydrogen (secondary N) is 1. The number of aromatic nitrogens is 1. The van der Waals surface area contributed by atoms with Gasteiger partial charge in [-0.25, -0.2) is 0 Å². The summed E-state index contributed by atoms with van der Waals surface area (Å²) in [5.41, 5.74) is 17.6. The van der Waals surface area contributed by atoms with Crippen molar-refractivity contribution in [3.8, 4) is 39.1 Å². The van der Waals surface area contributed by atoms with Crippen molar-refractivity contribution in [3.63, 3.8) is 0 Å². The van der Waals surface area contributed by atoms with Crippen LogP contribution in [0.4, 0.5) is 5.69 Å². The smallest absolute Gasteiger partial charge is 0.0544 e. The van der Waals surface area contributed by atoms with Crippen LogP contribution in [0.25, 0.3) is 71.6 Å². The topological polar surface area (TPSA) is 17.0 Å². The van der Waals surface area contributed by atoms with Crippen LogP contribution in [-0.2, 0) is 5.41 Å². The molecule has 0 amide bonds. The van der Waals surface area contributed by atoms with Crippen LogP contribution in [0.1, 0.15) is 43.4 Å². The Balaban J connectivity index is 1.04. The highest BCUT2D eigenvalue weighted by atomic mass is 15.0. The number of hydrogen-bond acceptors (Lipinski definition) is 1. The van der Waals surface area contributed by atoms with Crippen LogP contribution < -0.4 is 5.32 Å². The molecule has 0 fully saturated rings. The van der Waals surface area contributed by atoms with Gasteiger partial charge in [0.1, 0.15) is 0 Å². The molecular weight excluding hydrogens is 701 g/mol. The number of nitrogens with zero attached hydrogens (tertiary/aromatic N) is 1. The van der Waals surface area contributed by atoms with Crippen molar-refractivity contribution in [2.45, 2.75) is 32.1 Å². The van der Waals surface area contributed by atoms with Gasteiger partial charge >= 0.3 is 0 Å². The minimum absolute atomic E-state index is 0.151. The van der Waals surface area contributed by atoms with Gasteiger partial charge in [-0.15, -0.1) is 0 Å². The lowest BCUT2D eigenvalue weighted by molar-refractivity contribution is 0.609. The molecule has 0 spiro atoms. The lowest BCUT2D eigenvalue weighted by Gasteiger charge is -2.29. The number of fused-ring (bicyclic) bond motifs is 8. The predicted molar refractivity (Wildman–Crippen MR) is 246 cm³/mol. The monoisotopic (exact) mass is 744 g/mol. The van der Waals surface area contributed by atoms with Gasteiger partial charge in [0.05, 0.1) is 16.7 Å². The second-order valence-corrected chi connectivity index (χ2v) is 16.7. The Morgan fingerprint density at radius 3 is 2.12 bits per heavy atom. The van der Waals surface area contributed by atoms with Crippen molar-refractivity contribution in [2.75, 3.05) is 5.32 Å². The Bertz CT molecular complexity index is 3120. The van der Waals surface area contributed by atoms with E-state index in [1.807, 2.05) is 0 Å². The molecule has 2 aliphatic carbocycles. The Hall–Kier alpha value is -6.90. The van der Waals surface area contributed by atoms with Crippen LogP contribution in [0.5, 0.6) is 0 Å². The van der Waals surface area contributed by atoms with Crippen LogP contribution in [0, 0.1) is 5.92 Å². The van der Waals surface area contributed by atoms with Crippen LogP contribution in [-0.4, -0.2) is 4.57 Å². The predicted octanol–water partition coefficient (Wildman–Crippen LogP) is 14.9. The van der Waals surface area contributed by atoms with Gasteiger partial charge in [0.25, 0.3) is 0 Å². The highest BCUT2D eigenvalue weighted by Gasteiger charge is 2.38. The molecule has 0 radical (unpaired) electrons. The number of anilines is 1. The van der Waals surface area contributed by atoms with E-state index in [2.05, 4.69) is 225 Å². The fourth-order valence-electron chi connectivity index (χ4n) is 10.1. The number of rotatable bonds is 6. The Morgan fingerprint density at radius 2 is 1.24 bits per heavy atom. The molecule has 11 rings (SSSR count). The molecule has 8 aromatic carbocycles. The van der Waals surface area contributed by atoms with E-state index in [1.54, 1.807) is 0 Å². The van der Waals surface area contributed by atoms with Gasteiger partial charge in [-0.1, -0.05) is 172 Å². The average molecular weight is 745 g/mol. The molecule has 2 aliphatic rings. The summed E-state index contributed by atoms with van der Waals surface area (Å²) in [4.78, 5) is 0. The van der Waals surface area contributed by atoms with Gasteiger partial charge < -0.3 is 9.88 Å². The van der Waals surface area contributed by atoms with E-state index in [0.717, 1.165) is 5.69 Å². The van der Waals surface area contributed by atoms with E-state index in [0.29, 0.717) is 5.92 Å². The minimum atomic E-state index is -0.151. The summed E-state index contributed by atoms with van der Waals surface area (Å²) in [5.74, 6) is 0.525. The number of allylic oxidation sites excluding steroid dienone is 4. The first-order valence-corrected chi connectivity index (χ1v) is 20.5. The molecule has 1 heterocycles. The van der Waals surface area contributed by atoms with E-state index in [-0.39, 0.29) is 11.3 Å². The van der Waals surface area contributed by atoms with E-state index >= 15 is 0 Å². The fraction of sp³-hybridized carbons (Fsp3) is 0.107. The van der Waals surface area contributed by atoms with E-state index in [4.69, 9.17) is 0 Å². The first kappa shape index (κ1) is 34.4. The third-order valence-electron chi connectivity index (χ3n) is 12.9. The molecule has 2 unspecified atom stereocenters. The summed E-state index contributed by atoms with van der Waals surface area (Å²) < 4.78 is 2.51. The largest absolute Gasteiger partial charge is 0.358 e. The molecule has 2 nitrogen and oxygen atoms in total. The molecule has 9 aromatic rings. The molecule has 1 N–H and O–H groups in total. The van der Waals surface area contributed by atoms with E-state index in [1.165, 1.54) is 94.0 Å². The maximum Gasteiger partial charge on any atom is 0.0544 e. The van der Waals surface area contributed by atoms with Crippen LogP contribution in [0.15, 0.2) is 200 Å². The third-order valence-corrected chi connectivity index (χ3v) is 12.9. The van der Waals surface area contributed by atoms with Crippen LogP contribution >= 0.6 is 0 Å². The molecule has 2 heteroatoms. The molecule has 58 heavy (non-hydrogen) atoms. The highest BCUT2D eigenvalue weighted by Crippen LogP contribution is 2.53. The number of benzene rings is 8. The Kier molecular flexibility index (Phi) is 7.91. The lowest BCUT2D eigenvalue weighted by atomic mass is 9.80. The summed E-state index contributed by atoms with van der Waals surface area (Å²) in [5, 5.41) is 8.96. The standard InChI is InChI=1S/C56H44N2/c1-36-14-11-24-49(57-43-29-26-38(27-30-43)37-15-5-4-6-16-37)53(36)42-20-12-19-40(34-42)41-28-32-51-47(35-41)54-52(58(51)50-25-13-18-39-17-7-8-21-44(39)50)33-31-46-45-22-9-10-23-48(45)56(2,3)55(46)54/h4-36,53,57H,1-3H3. The first-order chi connectivity index (χ1) is 28.4. The molecule has 1 aromatic heterocycles. The van der Waals surface area contributed by atoms with Gasteiger partial charge in [-0.2, -0.15) is 0 Å². The van der Waals surface area contributed by atoms with Crippen molar-refractivity contribution in [2.24, 2.45) is 5.92 Å². The summed E-state index contributed by atoms with van der Waals surface area (Å²) in [7, 11) is 0. The molecule has 0 saturated carbocycles. The van der Waals surface area contributed by atoms with Gasteiger partial charge in [-0.05, 0) is 104 Å². The van der Waals surface area contributed by atoms with Crippen LogP contribution in [0.3, 0.4) is 0 Å². The maximum atomic E-state index is 3.82. The quantitative estimate of drug-likeness (QED) is 0.179. The number of hydrogen-bond donors (Lipinski definition) is 1. The van der Waals surface area contributed by atoms with Gasteiger partial charge in [0, 0.05) is 38.9 Å². The zero-order valence-electron chi connectivity index (χ0n) is 33.1. The average Bonchev–Trinajstić information content (AvgIpc) is 3.71. The van der Waals surface area contributed by atoms with E-state index < -0.39 is 0 Å². The zero-order valence-corrected chi connectivity index (χ0v) is 33.1. The summed E-state index contributed by atoms with van der Waals surface area (Å²) in [6.07, 6.45) is 6.77. The van der Waals surface area contributed by atoms with Gasteiger partial charge in [0.2, 0.25) is 0 Å². The van der Waals surface area contributed by atoms with Crippen molar-refractivity contribution >= 4 is 38.3 Å². The SMILES string of the molecule is CC1C=CC=C(Nc2ccc(-c3ccccc3)cc2)C1c1cccc(-c2ccc3c(c2)c2c4c(ccc2n3-c2cccc3ccccc23)-c2ccccc2C4(C)C)c1. The second kappa shape index (κ2) is 13.4. The molecular formula is C56H44N2. The van der Waals surface area contributed by atoms with Crippen LogP contribution in [0.2, 0.25) is 0 Å². The first-order valence-electron chi connectivity index (χ1n) is 20.5. The van der Waals surface area contributed by atoms with Gasteiger partial charge in [0.15, 0.2) is 0 Å². The lowest BCUT2D eigenvalue weighted by Crippen LogP contribution is -2.18. The summed E-state index contributed by atoms with van der Waals surface area (Å²) >= 11 is 0. The Morgan fingerprint density at radius 1 is 0.552 bits per heavy atom. The third kappa shape index (κ3) is 5.40. The molecule has 0 saturated heterocycles. The minimum Gasteiger partial charge on any atom is -0.358 e. The maximum absolute atomic E-state index is 3.82.